The molecule has 0 fully saturated rings. The maximum absolute atomic E-state index is 5.18. The van der Waals surface area contributed by atoms with E-state index in [0.29, 0.717) is 17.5 Å². The minimum atomic E-state index is 0.110. The Morgan fingerprint density at radius 3 is 1.66 bits per heavy atom. The maximum atomic E-state index is 5.18. The summed E-state index contributed by atoms with van der Waals surface area (Å²) in [6.07, 6.45) is 2.37. The number of aromatic nitrogens is 4. The van der Waals surface area contributed by atoms with E-state index >= 15 is 0 Å². The molecular weight excluding hydrogens is 717 g/mol. The van der Waals surface area contributed by atoms with E-state index in [9.17, 15) is 0 Å². The summed E-state index contributed by atoms with van der Waals surface area (Å²) < 4.78 is 2.43. The van der Waals surface area contributed by atoms with E-state index in [-0.39, 0.29) is 10.8 Å². The van der Waals surface area contributed by atoms with E-state index in [1.807, 2.05) is 0 Å². The highest BCUT2D eigenvalue weighted by molar-refractivity contribution is 6.10. The highest BCUT2D eigenvalue weighted by Gasteiger charge is 2.38. The van der Waals surface area contributed by atoms with Crippen molar-refractivity contribution in [3.63, 3.8) is 0 Å². The van der Waals surface area contributed by atoms with Gasteiger partial charge in [-0.25, -0.2) is 15.0 Å². The maximum Gasteiger partial charge on any atom is 0.164 e. The van der Waals surface area contributed by atoms with Gasteiger partial charge in [0.2, 0.25) is 0 Å². The summed E-state index contributed by atoms with van der Waals surface area (Å²) >= 11 is 0. The molecule has 1 aliphatic carbocycles. The third-order valence-corrected chi connectivity index (χ3v) is 12.9. The highest BCUT2D eigenvalue weighted by Crippen LogP contribution is 2.48. The van der Waals surface area contributed by atoms with E-state index < -0.39 is 0 Å². The SMILES string of the molecule is CC1(C)CCC(C)(C)c2cc3c(cc21)c1ccccc1n3-c1ccc(-c2nc(-c3ccc(-c4ccc5ccccc5c4)cc3)nc(-c3cccc4ccccc34)n2)cc1. The summed E-state index contributed by atoms with van der Waals surface area (Å²) in [5.74, 6) is 1.94. The summed E-state index contributed by atoms with van der Waals surface area (Å²) in [5, 5.41) is 7.32. The summed E-state index contributed by atoms with van der Waals surface area (Å²) in [4.78, 5) is 15.5. The Bertz CT molecular complexity index is 3250. The lowest BCUT2D eigenvalue weighted by molar-refractivity contribution is 0.332. The third-order valence-electron chi connectivity index (χ3n) is 12.9. The fraction of sp³-hybridized carbons (Fsp3) is 0.145. The number of rotatable bonds is 5. The first-order valence-corrected chi connectivity index (χ1v) is 20.7. The quantitative estimate of drug-likeness (QED) is 0.175. The Labute approximate surface area is 344 Å². The van der Waals surface area contributed by atoms with Gasteiger partial charge in [-0.3, -0.25) is 0 Å². The van der Waals surface area contributed by atoms with Crippen molar-refractivity contribution in [2.24, 2.45) is 0 Å². The largest absolute Gasteiger partial charge is 0.309 e. The second kappa shape index (κ2) is 13.3. The van der Waals surface area contributed by atoms with Crippen molar-refractivity contribution in [1.29, 1.82) is 0 Å². The van der Waals surface area contributed by atoms with E-state index in [4.69, 9.17) is 15.0 Å². The average Bonchev–Trinajstić information content (AvgIpc) is 3.61. The Morgan fingerprint density at radius 2 is 0.932 bits per heavy atom. The molecule has 0 saturated carbocycles. The molecule has 0 amide bonds. The molecule has 0 N–H and O–H groups in total. The Kier molecular flexibility index (Phi) is 7.96. The van der Waals surface area contributed by atoms with E-state index in [0.717, 1.165) is 38.7 Å². The standard InChI is InChI=1S/C55H44N4/c1-54(2)30-31-55(3,4)48-34-50-46(33-47(48)54)44-17-9-10-19-49(44)59(50)42-28-26-39(27-29-42)52-56-51(57-53(58-52)45-18-11-15-37-13-7-8-16-43(37)45)38-23-20-36(21-24-38)41-25-22-35-12-5-6-14-40(35)32-41/h5-29,32-34H,30-31H2,1-4H3. The fourth-order valence-electron chi connectivity index (χ4n) is 9.42. The second-order valence-electron chi connectivity index (χ2n) is 17.6. The Hall–Kier alpha value is -6.91. The van der Waals surface area contributed by atoms with Crippen LogP contribution in [0.1, 0.15) is 51.7 Å². The van der Waals surface area contributed by atoms with Crippen molar-refractivity contribution in [2.75, 3.05) is 0 Å². The fourth-order valence-corrected chi connectivity index (χ4v) is 9.42. The van der Waals surface area contributed by atoms with Crippen molar-refractivity contribution < 1.29 is 0 Å². The molecule has 2 aromatic heterocycles. The van der Waals surface area contributed by atoms with Crippen LogP contribution >= 0.6 is 0 Å². The molecular formula is C55H44N4. The zero-order valence-corrected chi connectivity index (χ0v) is 33.9. The van der Waals surface area contributed by atoms with Gasteiger partial charge in [0.1, 0.15) is 0 Å². The average molecular weight is 761 g/mol. The predicted octanol–water partition coefficient (Wildman–Crippen LogP) is 14.3. The molecule has 2 heterocycles. The van der Waals surface area contributed by atoms with Gasteiger partial charge in [0, 0.05) is 33.2 Å². The van der Waals surface area contributed by atoms with Crippen LogP contribution in [0.3, 0.4) is 0 Å². The van der Waals surface area contributed by atoms with Gasteiger partial charge in [0.15, 0.2) is 17.5 Å². The third kappa shape index (κ3) is 5.93. The van der Waals surface area contributed by atoms with Crippen molar-refractivity contribution in [1.82, 2.24) is 19.5 Å². The van der Waals surface area contributed by atoms with Crippen LogP contribution < -0.4 is 0 Å². The lowest BCUT2D eigenvalue weighted by Gasteiger charge is -2.42. The number of fused-ring (bicyclic) bond motifs is 6. The van der Waals surface area contributed by atoms with Crippen LogP contribution in [0.4, 0.5) is 0 Å². The second-order valence-corrected chi connectivity index (χ2v) is 17.6. The van der Waals surface area contributed by atoms with Gasteiger partial charge in [0.25, 0.3) is 0 Å². The van der Waals surface area contributed by atoms with Gasteiger partial charge in [-0.15, -0.1) is 0 Å². The number of benzene rings is 8. The molecule has 0 bridgehead atoms. The van der Waals surface area contributed by atoms with Gasteiger partial charge >= 0.3 is 0 Å². The molecule has 0 spiro atoms. The topological polar surface area (TPSA) is 43.6 Å². The van der Waals surface area contributed by atoms with Crippen molar-refractivity contribution >= 4 is 43.4 Å². The Balaban J connectivity index is 1.03. The van der Waals surface area contributed by atoms with E-state index in [2.05, 4.69) is 202 Å². The molecule has 0 unspecified atom stereocenters. The van der Waals surface area contributed by atoms with Gasteiger partial charge in [-0.2, -0.15) is 0 Å². The zero-order valence-electron chi connectivity index (χ0n) is 33.9. The highest BCUT2D eigenvalue weighted by atomic mass is 15.0. The molecule has 59 heavy (non-hydrogen) atoms. The van der Waals surface area contributed by atoms with Crippen molar-refractivity contribution in [3.05, 3.63) is 181 Å². The normalized spacial score (nSPS) is 14.6. The van der Waals surface area contributed by atoms with Crippen LogP contribution in [0.15, 0.2) is 170 Å². The van der Waals surface area contributed by atoms with Crippen LogP contribution in [0.25, 0.3) is 94.3 Å². The summed E-state index contributed by atoms with van der Waals surface area (Å²) in [6, 6.07) is 61.0. The van der Waals surface area contributed by atoms with Crippen LogP contribution in [0, 0.1) is 0 Å². The monoisotopic (exact) mass is 760 g/mol. The first-order chi connectivity index (χ1) is 28.7. The predicted molar refractivity (Wildman–Crippen MR) is 246 cm³/mol. The number of nitrogens with zero attached hydrogens (tertiary/aromatic N) is 4. The first-order valence-electron chi connectivity index (χ1n) is 20.7. The molecule has 1 aliphatic rings. The molecule has 0 atom stereocenters. The van der Waals surface area contributed by atoms with Gasteiger partial charge in [-0.1, -0.05) is 149 Å². The summed E-state index contributed by atoms with van der Waals surface area (Å²) in [5.41, 5.74) is 12.0. The van der Waals surface area contributed by atoms with Gasteiger partial charge in [-0.05, 0) is 116 Å². The molecule has 10 aromatic rings. The summed E-state index contributed by atoms with van der Waals surface area (Å²) in [7, 11) is 0. The lowest BCUT2D eigenvalue weighted by Crippen LogP contribution is -2.33. The molecule has 8 aromatic carbocycles. The molecule has 4 heteroatoms. The first kappa shape index (κ1) is 35.3. The minimum absolute atomic E-state index is 0.110. The van der Waals surface area contributed by atoms with Gasteiger partial charge in [0.05, 0.1) is 11.0 Å². The van der Waals surface area contributed by atoms with Gasteiger partial charge < -0.3 is 4.57 Å². The molecule has 0 radical (unpaired) electrons. The summed E-state index contributed by atoms with van der Waals surface area (Å²) in [6.45, 7) is 9.63. The molecule has 284 valence electrons. The number of hydrogen-bond acceptors (Lipinski definition) is 3. The molecule has 0 saturated heterocycles. The number of hydrogen-bond donors (Lipinski definition) is 0. The van der Waals surface area contributed by atoms with Crippen LogP contribution in [-0.2, 0) is 10.8 Å². The minimum Gasteiger partial charge on any atom is -0.309 e. The number of para-hydroxylation sites is 1. The van der Waals surface area contributed by atoms with Crippen LogP contribution in [0.5, 0.6) is 0 Å². The lowest BCUT2D eigenvalue weighted by atomic mass is 9.63. The van der Waals surface area contributed by atoms with Crippen LogP contribution in [0.2, 0.25) is 0 Å². The molecule has 0 aliphatic heterocycles. The van der Waals surface area contributed by atoms with Crippen LogP contribution in [-0.4, -0.2) is 19.5 Å². The van der Waals surface area contributed by atoms with E-state index in [1.54, 1.807) is 0 Å². The smallest absolute Gasteiger partial charge is 0.164 e. The Morgan fingerprint density at radius 1 is 0.390 bits per heavy atom. The van der Waals surface area contributed by atoms with Crippen molar-refractivity contribution in [3.8, 4) is 51.0 Å². The molecule has 4 nitrogen and oxygen atoms in total. The van der Waals surface area contributed by atoms with E-state index in [1.165, 1.54) is 62.1 Å². The van der Waals surface area contributed by atoms with Crippen molar-refractivity contribution in [2.45, 2.75) is 51.4 Å². The molecule has 11 rings (SSSR count). The zero-order chi connectivity index (χ0) is 39.9.